The summed E-state index contributed by atoms with van der Waals surface area (Å²) in [5.74, 6) is -5.54. The number of carboxylic acid groups (broad SMARTS) is 3. The minimum Gasteiger partial charge on any atom is -0.481 e. The Kier molecular flexibility index (Phi) is 9.97. The van der Waals surface area contributed by atoms with Crippen LogP contribution in [0.25, 0.3) is 0 Å². The highest BCUT2D eigenvalue weighted by molar-refractivity contribution is 5.92. The molecule has 0 radical (unpaired) electrons. The van der Waals surface area contributed by atoms with Gasteiger partial charge in [0.15, 0.2) is 0 Å². The summed E-state index contributed by atoms with van der Waals surface area (Å²) < 4.78 is 0. The monoisotopic (exact) mass is 423 g/mol. The number of nitrogens with one attached hydrogen (secondary N) is 2. The summed E-state index contributed by atoms with van der Waals surface area (Å²) in [6.45, 7) is 0. The number of carbonyl (C=O) groups is 5. The Hall–Kier alpha value is -3.47. The van der Waals surface area contributed by atoms with E-state index in [0.717, 1.165) is 5.56 Å². The lowest BCUT2D eigenvalue weighted by atomic mass is 10.0. The third-order valence-corrected chi connectivity index (χ3v) is 4.18. The fourth-order valence-corrected chi connectivity index (χ4v) is 2.57. The maximum atomic E-state index is 12.5. The maximum Gasteiger partial charge on any atom is 0.326 e. The molecule has 0 aliphatic rings. The van der Waals surface area contributed by atoms with Crippen molar-refractivity contribution < 1.29 is 39.3 Å². The van der Waals surface area contributed by atoms with Crippen molar-refractivity contribution in [2.75, 3.05) is 0 Å². The summed E-state index contributed by atoms with van der Waals surface area (Å²) in [7, 11) is 0. The van der Waals surface area contributed by atoms with Crippen LogP contribution in [0.2, 0.25) is 0 Å². The highest BCUT2D eigenvalue weighted by atomic mass is 16.4. The lowest BCUT2D eigenvalue weighted by molar-refractivity contribution is -0.144. The van der Waals surface area contributed by atoms with Crippen molar-refractivity contribution in [3.8, 4) is 0 Å². The van der Waals surface area contributed by atoms with Gasteiger partial charge in [-0.3, -0.25) is 19.2 Å². The van der Waals surface area contributed by atoms with Gasteiger partial charge in [0, 0.05) is 12.8 Å². The highest BCUT2D eigenvalue weighted by Gasteiger charge is 2.28. The van der Waals surface area contributed by atoms with Crippen molar-refractivity contribution in [2.45, 2.75) is 50.2 Å². The van der Waals surface area contributed by atoms with Gasteiger partial charge >= 0.3 is 17.9 Å². The molecule has 164 valence electrons. The van der Waals surface area contributed by atoms with Crippen molar-refractivity contribution in [3.63, 3.8) is 0 Å². The number of benzene rings is 1. The summed E-state index contributed by atoms with van der Waals surface area (Å²) in [5, 5.41) is 31.2. The Morgan fingerprint density at radius 1 is 0.800 bits per heavy atom. The topological polar surface area (TPSA) is 196 Å². The molecule has 11 nitrogen and oxygen atoms in total. The normalized spacial score (nSPS) is 13.5. The van der Waals surface area contributed by atoms with Crippen LogP contribution in [0.1, 0.15) is 31.2 Å². The number of aliphatic carboxylic acids is 3. The van der Waals surface area contributed by atoms with E-state index in [2.05, 4.69) is 10.6 Å². The molecule has 7 N–H and O–H groups in total. The second kappa shape index (κ2) is 12.2. The molecule has 0 spiro atoms. The van der Waals surface area contributed by atoms with Crippen molar-refractivity contribution in [1.82, 2.24) is 10.6 Å². The molecule has 1 aromatic rings. The van der Waals surface area contributed by atoms with E-state index in [1.54, 1.807) is 30.3 Å². The van der Waals surface area contributed by atoms with E-state index in [1.807, 2.05) is 0 Å². The van der Waals surface area contributed by atoms with E-state index < -0.39 is 60.7 Å². The molecule has 3 atom stereocenters. The first-order valence-electron chi connectivity index (χ1n) is 9.16. The zero-order chi connectivity index (χ0) is 22.7. The maximum absolute atomic E-state index is 12.5. The Labute approximate surface area is 172 Å². The molecule has 2 amide bonds. The third-order valence-electron chi connectivity index (χ3n) is 4.18. The summed E-state index contributed by atoms with van der Waals surface area (Å²) in [6.07, 6.45) is -1.44. The van der Waals surface area contributed by atoms with Gasteiger partial charge in [-0.2, -0.15) is 0 Å². The number of carboxylic acids is 3. The number of hydrogen-bond donors (Lipinski definition) is 6. The summed E-state index contributed by atoms with van der Waals surface area (Å²) in [4.78, 5) is 57.6. The molecule has 0 saturated heterocycles. The second-order valence-corrected chi connectivity index (χ2v) is 6.62. The second-order valence-electron chi connectivity index (χ2n) is 6.62. The van der Waals surface area contributed by atoms with E-state index in [9.17, 15) is 24.0 Å². The van der Waals surface area contributed by atoms with E-state index >= 15 is 0 Å². The van der Waals surface area contributed by atoms with Crippen LogP contribution in [0.15, 0.2) is 30.3 Å². The average molecular weight is 423 g/mol. The van der Waals surface area contributed by atoms with Crippen LogP contribution in [0.5, 0.6) is 0 Å². The standard InChI is InChI=1S/C19H25N3O8/c20-12(10-11-4-2-1-3-5-11)17(27)21-13(6-8-15(23)24)18(28)22-14(19(29)30)7-9-16(25)26/h1-5,12-14H,6-10,20H2,(H,21,27)(H,22,28)(H,23,24)(H,25,26)(H,29,30). The van der Waals surface area contributed by atoms with Crippen LogP contribution < -0.4 is 16.4 Å². The zero-order valence-corrected chi connectivity index (χ0v) is 16.1. The zero-order valence-electron chi connectivity index (χ0n) is 16.1. The van der Waals surface area contributed by atoms with Crippen LogP contribution in [-0.2, 0) is 30.4 Å². The van der Waals surface area contributed by atoms with Gasteiger partial charge in [0.2, 0.25) is 11.8 Å². The number of rotatable bonds is 13. The van der Waals surface area contributed by atoms with Crippen molar-refractivity contribution in [1.29, 1.82) is 0 Å². The minimum absolute atomic E-state index is 0.177. The van der Waals surface area contributed by atoms with Crippen LogP contribution in [0.4, 0.5) is 0 Å². The van der Waals surface area contributed by atoms with E-state index in [4.69, 9.17) is 21.1 Å². The molecule has 3 unspecified atom stereocenters. The van der Waals surface area contributed by atoms with Crippen LogP contribution in [0, 0.1) is 0 Å². The predicted octanol–water partition coefficient (Wildman–Crippen LogP) is -0.660. The van der Waals surface area contributed by atoms with Crippen LogP contribution >= 0.6 is 0 Å². The predicted molar refractivity (Wildman–Crippen MR) is 103 cm³/mol. The molecule has 30 heavy (non-hydrogen) atoms. The molecular weight excluding hydrogens is 398 g/mol. The summed E-state index contributed by atoms with van der Waals surface area (Å²) in [5.41, 5.74) is 6.65. The van der Waals surface area contributed by atoms with E-state index in [1.165, 1.54) is 0 Å². The van der Waals surface area contributed by atoms with E-state index in [0.29, 0.717) is 0 Å². The first kappa shape index (κ1) is 24.6. The molecule has 0 aliphatic heterocycles. The quantitative estimate of drug-likeness (QED) is 0.238. The smallest absolute Gasteiger partial charge is 0.326 e. The SMILES string of the molecule is NC(Cc1ccccc1)C(=O)NC(CCC(=O)O)C(=O)NC(CCC(=O)O)C(=O)O. The largest absolute Gasteiger partial charge is 0.481 e. The third kappa shape index (κ3) is 9.15. The number of hydrogen-bond acceptors (Lipinski definition) is 6. The van der Waals surface area contributed by atoms with Crippen molar-refractivity contribution >= 4 is 29.7 Å². The van der Waals surface area contributed by atoms with Gasteiger partial charge in [-0.05, 0) is 24.8 Å². The molecule has 0 fully saturated rings. The molecule has 1 aromatic carbocycles. The first-order chi connectivity index (χ1) is 14.1. The van der Waals surface area contributed by atoms with Gasteiger partial charge in [0.25, 0.3) is 0 Å². The number of nitrogens with two attached hydrogens (primary N) is 1. The molecule has 11 heteroatoms. The minimum atomic E-state index is -1.50. The van der Waals surface area contributed by atoms with Gasteiger partial charge in [-0.15, -0.1) is 0 Å². The summed E-state index contributed by atoms with van der Waals surface area (Å²) in [6, 6.07) is 5.00. The lowest BCUT2D eigenvalue weighted by Gasteiger charge is -2.22. The fourth-order valence-electron chi connectivity index (χ4n) is 2.57. The van der Waals surface area contributed by atoms with E-state index in [-0.39, 0.29) is 19.3 Å². The Balaban J connectivity index is 2.81. The molecule has 1 rings (SSSR count). The average Bonchev–Trinajstić information content (AvgIpc) is 2.68. The Bertz CT molecular complexity index is 768. The van der Waals surface area contributed by atoms with Crippen molar-refractivity contribution in [3.05, 3.63) is 35.9 Å². The van der Waals surface area contributed by atoms with Gasteiger partial charge < -0.3 is 31.7 Å². The van der Waals surface area contributed by atoms with Crippen LogP contribution in [-0.4, -0.2) is 63.2 Å². The molecule has 0 aromatic heterocycles. The summed E-state index contributed by atoms with van der Waals surface area (Å²) >= 11 is 0. The van der Waals surface area contributed by atoms with Crippen LogP contribution in [0.3, 0.4) is 0 Å². The molecule has 0 aliphatic carbocycles. The Morgan fingerprint density at radius 3 is 1.80 bits per heavy atom. The highest BCUT2D eigenvalue weighted by Crippen LogP contribution is 2.05. The number of carbonyl (C=O) groups excluding carboxylic acids is 2. The van der Waals surface area contributed by atoms with Gasteiger partial charge in [-0.25, -0.2) is 4.79 Å². The van der Waals surface area contributed by atoms with Gasteiger partial charge in [-0.1, -0.05) is 30.3 Å². The molecule has 0 bridgehead atoms. The molecule has 0 saturated carbocycles. The molecule has 0 heterocycles. The van der Waals surface area contributed by atoms with Gasteiger partial charge in [0.05, 0.1) is 6.04 Å². The fraction of sp³-hybridized carbons (Fsp3) is 0.421. The Morgan fingerprint density at radius 2 is 1.30 bits per heavy atom. The molecular formula is C19H25N3O8. The van der Waals surface area contributed by atoms with Gasteiger partial charge in [0.1, 0.15) is 12.1 Å². The van der Waals surface area contributed by atoms with Crippen molar-refractivity contribution in [2.24, 2.45) is 5.73 Å². The number of amides is 2. The lowest BCUT2D eigenvalue weighted by Crippen LogP contribution is -2.54. The first-order valence-corrected chi connectivity index (χ1v) is 9.16.